The van der Waals surface area contributed by atoms with Gasteiger partial charge in [-0.3, -0.25) is 4.79 Å². The van der Waals surface area contributed by atoms with E-state index >= 15 is 0 Å². The van der Waals surface area contributed by atoms with Crippen molar-refractivity contribution in [1.82, 2.24) is 4.90 Å². The number of nitrogens with zero attached hydrogens (tertiary/aromatic N) is 1. The minimum Gasteiger partial charge on any atom is -0.339 e. The van der Waals surface area contributed by atoms with E-state index < -0.39 is 11.6 Å². The van der Waals surface area contributed by atoms with E-state index in [1.54, 1.807) is 11.8 Å². The minimum absolute atomic E-state index is 0. The van der Waals surface area contributed by atoms with Crippen LogP contribution in [0.2, 0.25) is 0 Å². The summed E-state index contributed by atoms with van der Waals surface area (Å²) < 4.78 is 26.6. The molecule has 0 unspecified atom stereocenters. The molecule has 1 aromatic rings. The molecule has 2 N–H and O–H groups in total. The SMILES string of the molecule is C/C(=C/C(=O)N1CCC(CN)CC1)c1ccc(F)cc1F.Cl. The molecule has 122 valence electrons. The number of benzene rings is 1. The maximum atomic E-state index is 13.7. The van der Waals surface area contributed by atoms with Gasteiger partial charge >= 0.3 is 0 Å². The number of allylic oxidation sites excluding steroid dienone is 1. The molecule has 1 fully saturated rings. The zero-order chi connectivity index (χ0) is 15.4. The van der Waals surface area contributed by atoms with Gasteiger partial charge in [-0.1, -0.05) is 0 Å². The number of rotatable bonds is 3. The van der Waals surface area contributed by atoms with Gasteiger partial charge in [0.05, 0.1) is 0 Å². The first-order chi connectivity index (χ1) is 10.0. The highest BCUT2D eigenvalue weighted by Gasteiger charge is 2.21. The first-order valence-corrected chi connectivity index (χ1v) is 7.14. The van der Waals surface area contributed by atoms with Gasteiger partial charge in [-0.2, -0.15) is 0 Å². The standard InChI is InChI=1S/C16H20F2N2O.ClH/c1-11(14-3-2-13(17)9-15(14)18)8-16(21)20-6-4-12(10-19)5-7-20;/h2-3,8-9,12H,4-7,10,19H2,1H3;1H/b11-8-;. The average Bonchev–Trinajstić information content (AvgIpc) is 2.47. The van der Waals surface area contributed by atoms with Crippen molar-refractivity contribution in [3.8, 4) is 0 Å². The van der Waals surface area contributed by atoms with Crippen molar-refractivity contribution >= 4 is 23.9 Å². The predicted molar refractivity (Wildman–Crippen MR) is 85.6 cm³/mol. The van der Waals surface area contributed by atoms with E-state index in [0.29, 0.717) is 31.1 Å². The van der Waals surface area contributed by atoms with Crippen molar-refractivity contribution in [2.75, 3.05) is 19.6 Å². The van der Waals surface area contributed by atoms with Gasteiger partial charge < -0.3 is 10.6 Å². The Kier molecular flexibility index (Phi) is 6.97. The fraction of sp³-hybridized carbons (Fsp3) is 0.438. The molecule has 1 heterocycles. The fourth-order valence-corrected chi connectivity index (χ4v) is 2.55. The van der Waals surface area contributed by atoms with E-state index in [1.165, 1.54) is 18.2 Å². The molecule has 1 saturated heterocycles. The third-order valence-corrected chi connectivity index (χ3v) is 3.96. The van der Waals surface area contributed by atoms with Crippen LogP contribution in [-0.2, 0) is 4.79 Å². The molecular weight excluding hydrogens is 310 g/mol. The molecule has 1 aliphatic rings. The average molecular weight is 331 g/mol. The third-order valence-electron chi connectivity index (χ3n) is 3.96. The van der Waals surface area contributed by atoms with Gasteiger partial charge in [0.15, 0.2) is 0 Å². The maximum absolute atomic E-state index is 13.7. The number of amides is 1. The summed E-state index contributed by atoms with van der Waals surface area (Å²) in [7, 11) is 0. The van der Waals surface area contributed by atoms with E-state index in [9.17, 15) is 13.6 Å². The molecule has 0 bridgehead atoms. The lowest BCUT2D eigenvalue weighted by molar-refractivity contribution is -0.127. The summed E-state index contributed by atoms with van der Waals surface area (Å²) in [5, 5.41) is 0. The molecular formula is C16H21ClF2N2O. The van der Waals surface area contributed by atoms with Crippen molar-refractivity contribution in [1.29, 1.82) is 0 Å². The van der Waals surface area contributed by atoms with Crippen LogP contribution in [0.3, 0.4) is 0 Å². The van der Waals surface area contributed by atoms with Gasteiger partial charge in [-0.15, -0.1) is 12.4 Å². The molecule has 0 atom stereocenters. The molecule has 1 amide bonds. The maximum Gasteiger partial charge on any atom is 0.246 e. The minimum atomic E-state index is -0.654. The lowest BCUT2D eigenvalue weighted by Gasteiger charge is -2.30. The van der Waals surface area contributed by atoms with Crippen molar-refractivity contribution in [2.24, 2.45) is 11.7 Å². The van der Waals surface area contributed by atoms with Crippen LogP contribution in [0.25, 0.3) is 5.57 Å². The summed E-state index contributed by atoms with van der Waals surface area (Å²) in [4.78, 5) is 13.9. The van der Waals surface area contributed by atoms with Crippen molar-refractivity contribution in [3.05, 3.63) is 41.5 Å². The van der Waals surface area contributed by atoms with Crippen LogP contribution in [-0.4, -0.2) is 30.4 Å². The molecule has 0 saturated carbocycles. The quantitative estimate of drug-likeness (QED) is 0.866. The van der Waals surface area contributed by atoms with E-state index in [1.807, 2.05) is 0 Å². The first-order valence-electron chi connectivity index (χ1n) is 7.14. The van der Waals surface area contributed by atoms with Crippen LogP contribution in [0.15, 0.2) is 24.3 Å². The Bertz CT molecular complexity index is 555. The second-order valence-electron chi connectivity index (χ2n) is 5.46. The molecule has 0 aliphatic carbocycles. The highest BCUT2D eigenvalue weighted by Crippen LogP contribution is 2.20. The summed E-state index contributed by atoms with van der Waals surface area (Å²) in [6.07, 6.45) is 3.22. The van der Waals surface area contributed by atoms with Crippen LogP contribution in [0.5, 0.6) is 0 Å². The van der Waals surface area contributed by atoms with Gasteiger partial charge in [0.2, 0.25) is 5.91 Å². The van der Waals surface area contributed by atoms with Crippen molar-refractivity contribution in [3.63, 3.8) is 0 Å². The zero-order valence-corrected chi connectivity index (χ0v) is 13.3. The Labute approximate surface area is 135 Å². The fourth-order valence-electron chi connectivity index (χ4n) is 2.55. The van der Waals surface area contributed by atoms with Crippen LogP contribution in [0.1, 0.15) is 25.3 Å². The van der Waals surface area contributed by atoms with Crippen LogP contribution in [0.4, 0.5) is 8.78 Å². The van der Waals surface area contributed by atoms with Gasteiger partial charge in [-0.25, -0.2) is 8.78 Å². The van der Waals surface area contributed by atoms with Crippen molar-refractivity contribution < 1.29 is 13.6 Å². The number of likely N-dealkylation sites (tertiary alicyclic amines) is 1. The summed E-state index contributed by atoms with van der Waals surface area (Å²) in [5.74, 6) is -0.932. The smallest absolute Gasteiger partial charge is 0.246 e. The van der Waals surface area contributed by atoms with Gasteiger partial charge in [0.1, 0.15) is 11.6 Å². The number of piperidine rings is 1. The van der Waals surface area contributed by atoms with E-state index in [4.69, 9.17) is 5.73 Å². The number of halogens is 3. The lowest BCUT2D eigenvalue weighted by atomic mass is 9.97. The molecule has 1 aromatic carbocycles. The molecule has 1 aliphatic heterocycles. The Hall–Kier alpha value is -1.46. The van der Waals surface area contributed by atoms with E-state index in [0.717, 1.165) is 18.9 Å². The van der Waals surface area contributed by atoms with Crippen LogP contribution >= 0.6 is 12.4 Å². The number of nitrogens with two attached hydrogens (primary N) is 1. The van der Waals surface area contributed by atoms with Gasteiger partial charge in [0, 0.05) is 30.8 Å². The number of hydrogen-bond acceptors (Lipinski definition) is 2. The Morgan fingerprint density at radius 1 is 1.36 bits per heavy atom. The highest BCUT2D eigenvalue weighted by atomic mass is 35.5. The van der Waals surface area contributed by atoms with E-state index in [2.05, 4.69) is 0 Å². The first kappa shape index (κ1) is 18.6. The Morgan fingerprint density at radius 3 is 2.55 bits per heavy atom. The van der Waals surface area contributed by atoms with Crippen LogP contribution < -0.4 is 5.73 Å². The molecule has 22 heavy (non-hydrogen) atoms. The van der Waals surface area contributed by atoms with E-state index in [-0.39, 0.29) is 23.9 Å². The topological polar surface area (TPSA) is 46.3 Å². The van der Waals surface area contributed by atoms with Crippen LogP contribution in [0, 0.1) is 17.6 Å². The lowest BCUT2D eigenvalue weighted by Crippen LogP contribution is -2.39. The molecule has 2 rings (SSSR count). The highest BCUT2D eigenvalue weighted by molar-refractivity contribution is 5.95. The normalized spacial score (nSPS) is 16.4. The molecule has 0 spiro atoms. The number of hydrogen-bond donors (Lipinski definition) is 1. The Balaban J connectivity index is 0.00000242. The summed E-state index contributed by atoms with van der Waals surface area (Å²) >= 11 is 0. The van der Waals surface area contributed by atoms with Gasteiger partial charge in [-0.05, 0) is 49.9 Å². The zero-order valence-electron chi connectivity index (χ0n) is 12.5. The molecule has 0 aromatic heterocycles. The van der Waals surface area contributed by atoms with Crippen molar-refractivity contribution in [2.45, 2.75) is 19.8 Å². The largest absolute Gasteiger partial charge is 0.339 e. The number of carbonyl (C=O) groups excluding carboxylic acids is 1. The number of carbonyl (C=O) groups is 1. The molecule has 0 radical (unpaired) electrons. The third kappa shape index (κ3) is 4.52. The molecule has 3 nitrogen and oxygen atoms in total. The second kappa shape index (κ2) is 8.25. The Morgan fingerprint density at radius 2 is 2.00 bits per heavy atom. The summed E-state index contributed by atoms with van der Waals surface area (Å²) in [6.45, 7) is 3.66. The van der Waals surface area contributed by atoms with Gasteiger partial charge in [0.25, 0.3) is 0 Å². The summed E-state index contributed by atoms with van der Waals surface area (Å²) in [6, 6.07) is 3.36. The summed E-state index contributed by atoms with van der Waals surface area (Å²) in [5.41, 5.74) is 6.37. The molecule has 6 heteroatoms. The predicted octanol–water partition coefficient (Wildman–Crippen LogP) is 2.99. The monoisotopic (exact) mass is 330 g/mol. The second-order valence-corrected chi connectivity index (χ2v) is 5.46.